The van der Waals surface area contributed by atoms with E-state index < -0.39 is 5.60 Å². The van der Waals surface area contributed by atoms with Gasteiger partial charge >= 0.3 is 0 Å². The van der Waals surface area contributed by atoms with Gasteiger partial charge in [0, 0.05) is 6.54 Å². The SMILES string of the molecule is N#CCCNC(=O)C1(O)CCCC1. The molecule has 0 saturated heterocycles. The van der Waals surface area contributed by atoms with Crippen molar-refractivity contribution in [2.45, 2.75) is 37.7 Å². The molecule has 0 aromatic heterocycles. The summed E-state index contributed by atoms with van der Waals surface area (Å²) in [7, 11) is 0. The molecule has 0 radical (unpaired) electrons. The lowest BCUT2D eigenvalue weighted by atomic mass is 10.0. The van der Waals surface area contributed by atoms with Crippen LogP contribution in [0.25, 0.3) is 0 Å². The second kappa shape index (κ2) is 4.24. The minimum Gasteiger partial charge on any atom is -0.380 e. The fourth-order valence-corrected chi connectivity index (χ4v) is 1.58. The highest BCUT2D eigenvalue weighted by Crippen LogP contribution is 2.29. The average molecular weight is 182 g/mol. The van der Waals surface area contributed by atoms with Crippen LogP contribution in [0.4, 0.5) is 0 Å². The van der Waals surface area contributed by atoms with Crippen molar-refractivity contribution >= 4 is 5.91 Å². The Bertz CT molecular complexity index is 226. The van der Waals surface area contributed by atoms with Crippen molar-refractivity contribution in [3.8, 4) is 6.07 Å². The Balaban J connectivity index is 2.34. The lowest BCUT2D eigenvalue weighted by molar-refractivity contribution is -0.139. The largest absolute Gasteiger partial charge is 0.380 e. The summed E-state index contributed by atoms with van der Waals surface area (Å²) in [6, 6.07) is 1.93. The van der Waals surface area contributed by atoms with Gasteiger partial charge in [-0.15, -0.1) is 0 Å². The first-order chi connectivity index (χ1) is 6.19. The highest BCUT2D eigenvalue weighted by Gasteiger charge is 2.38. The predicted octanol–water partition coefficient (Wildman–Crippen LogP) is 0.321. The molecule has 1 aliphatic carbocycles. The Morgan fingerprint density at radius 3 is 2.69 bits per heavy atom. The first kappa shape index (κ1) is 10.0. The first-order valence-electron chi connectivity index (χ1n) is 4.57. The van der Waals surface area contributed by atoms with Crippen LogP contribution in [0.5, 0.6) is 0 Å². The molecule has 72 valence electrons. The second-order valence-corrected chi connectivity index (χ2v) is 3.40. The number of nitrogens with one attached hydrogen (secondary N) is 1. The summed E-state index contributed by atoms with van der Waals surface area (Å²) >= 11 is 0. The molecule has 0 spiro atoms. The third-order valence-electron chi connectivity index (χ3n) is 2.38. The van der Waals surface area contributed by atoms with E-state index in [2.05, 4.69) is 5.32 Å². The molecule has 1 rings (SSSR count). The molecule has 0 aromatic rings. The van der Waals surface area contributed by atoms with Crippen LogP contribution in [0.3, 0.4) is 0 Å². The quantitative estimate of drug-likeness (QED) is 0.617. The van der Waals surface area contributed by atoms with Gasteiger partial charge in [0.25, 0.3) is 5.91 Å². The van der Waals surface area contributed by atoms with Crippen LogP contribution in [-0.2, 0) is 4.79 Å². The van der Waals surface area contributed by atoms with Gasteiger partial charge in [-0.3, -0.25) is 4.79 Å². The Morgan fingerprint density at radius 1 is 1.54 bits per heavy atom. The molecule has 1 fully saturated rings. The van der Waals surface area contributed by atoms with E-state index in [0.717, 1.165) is 12.8 Å². The van der Waals surface area contributed by atoms with E-state index in [1.807, 2.05) is 6.07 Å². The van der Waals surface area contributed by atoms with Gasteiger partial charge in [-0.1, -0.05) is 0 Å². The topological polar surface area (TPSA) is 73.1 Å². The maximum Gasteiger partial charge on any atom is 0.251 e. The van der Waals surface area contributed by atoms with E-state index in [-0.39, 0.29) is 5.91 Å². The van der Waals surface area contributed by atoms with Crippen molar-refractivity contribution in [1.82, 2.24) is 5.32 Å². The van der Waals surface area contributed by atoms with E-state index in [1.54, 1.807) is 0 Å². The summed E-state index contributed by atoms with van der Waals surface area (Å²) in [6.45, 7) is 0.331. The first-order valence-corrected chi connectivity index (χ1v) is 4.57. The number of nitriles is 1. The highest BCUT2D eigenvalue weighted by atomic mass is 16.3. The molecular formula is C9H14N2O2. The molecule has 0 aliphatic heterocycles. The number of rotatable bonds is 3. The van der Waals surface area contributed by atoms with Gasteiger partial charge in [0.2, 0.25) is 0 Å². The maximum absolute atomic E-state index is 11.4. The summed E-state index contributed by atoms with van der Waals surface area (Å²) in [6.07, 6.45) is 3.20. The van der Waals surface area contributed by atoms with Gasteiger partial charge < -0.3 is 10.4 Å². The second-order valence-electron chi connectivity index (χ2n) is 3.40. The summed E-state index contributed by atoms with van der Waals surface area (Å²) in [4.78, 5) is 11.4. The minimum absolute atomic E-state index is 0.293. The molecule has 4 heteroatoms. The molecule has 0 unspecified atom stereocenters. The number of aliphatic hydroxyl groups is 1. The Kier molecular flexibility index (Phi) is 3.26. The van der Waals surface area contributed by atoms with Crippen LogP contribution in [0.2, 0.25) is 0 Å². The smallest absolute Gasteiger partial charge is 0.251 e. The number of hydrogen-bond acceptors (Lipinski definition) is 3. The van der Waals surface area contributed by atoms with Crippen LogP contribution in [-0.4, -0.2) is 23.2 Å². The number of carbonyl (C=O) groups is 1. The standard InChI is InChI=1S/C9H14N2O2/c10-6-3-7-11-8(12)9(13)4-1-2-5-9/h13H,1-5,7H2,(H,11,12). The molecule has 0 bridgehead atoms. The van der Waals surface area contributed by atoms with Gasteiger partial charge in [0.05, 0.1) is 12.5 Å². The van der Waals surface area contributed by atoms with Crippen molar-refractivity contribution in [3.05, 3.63) is 0 Å². The van der Waals surface area contributed by atoms with Gasteiger partial charge in [-0.05, 0) is 25.7 Å². The van der Waals surface area contributed by atoms with Gasteiger partial charge in [-0.2, -0.15) is 5.26 Å². The molecule has 13 heavy (non-hydrogen) atoms. The fraction of sp³-hybridized carbons (Fsp3) is 0.778. The normalized spacial score (nSPS) is 19.4. The van der Waals surface area contributed by atoms with E-state index in [1.165, 1.54) is 0 Å². The van der Waals surface area contributed by atoms with Crippen molar-refractivity contribution in [2.24, 2.45) is 0 Å². The van der Waals surface area contributed by atoms with E-state index in [9.17, 15) is 9.90 Å². The molecule has 4 nitrogen and oxygen atoms in total. The monoisotopic (exact) mass is 182 g/mol. The van der Waals surface area contributed by atoms with E-state index in [4.69, 9.17) is 5.26 Å². The highest BCUT2D eigenvalue weighted by molar-refractivity contribution is 5.85. The molecule has 1 saturated carbocycles. The van der Waals surface area contributed by atoms with Crippen molar-refractivity contribution in [1.29, 1.82) is 5.26 Å². The summed E-state index contributed by atoms with van der Waals surface area (Å²) in [5.41, 5.74) is -1.16. The van der Waals surface area contributed by atoms with Crippen molar-refractivity contribution < 1.29 is 9.90 Å². The Morgan fingerprint density at radius 2 is 2.15 bits per heavy atom. The van der Waals surface area contributed by atoms with E-state index >= 15 is 0 Å². The van der Waals surface area contributed by atoms with Gasteiger partial charge in [-0.25, -0.2) is 0 Å². The molecule has 2 N–H and O–H groups in total. The van der Waals surface area contributed by atoms with Gasteiger partial charge in [0.1, 0.15) is 5.60 Å². The average Bonchev–Trinajstić information content (AvgIpc) is 2.54. The molecule has 0 atom stereocenters. The maximum atomic E-state index is 11.4. The zero-order valence-electron chi connectivity index (χ0n) is 7.55. The zero-order valence-corrected chi connectivity index (χ0v) is 7.55. The van der Waals surface area contributed by atoms with E-state index in [0.29, 0.717) is 25.8 Å². The van der Waals surface area contributed by atoms with Crippen molar-refractivity contribution in [3.63, 3.8) is 0 Å². The summed E-state index contributed by atoms with van der Waals surface area (Å²) in [5, 5.41) is 20.6. The third-order valence-corrected chi connectivity index (χ3v) is 2.38. The summed E-state index contributed by atoms with van der Waals surface area (Å²) in [5.74, 6) is -0.319. The van der Waals surface area contributed by atoms with Crippen molar-refractivity contribution in [2.75, 3.05) is 6.54 Å². The summed E-state index contributed by atoms with van der Waals surface area (Å²) < 4.78 is 0. The number of nitrogens with zero attached hydrogens (tertiary/aromatic N) is 1. The number of hydrogen-bond donors (Lipinski definition) is 2. The molecule has 0 heterocycles. The van der Waals surface area contributed by atoms with Gasteiger partial charge in [0.15, 0.2) is 0 Å². The predicted molar refractivity (Wildman–Crippen MR) is 46.7 cm³/mol. The molecule has 0 aromatic carbocycles. The zero-order chi connectivity index (χ0) is 9.73. The van der Waals surface area contributed by atoms with Crippen LogP contribution in [0, 0.1) is 11.3 Å². The minimum atomic E-state index is -1.16. The number of amides is 1. The molecule has 1 amide bonds. The number of carbonyl (C=O) groups excluding carboxylic acids is 1. The lowest BCUT2D eigenvalue weighted by Gasteiger charge is -2.20. The Labute approximate surface area is 77.6 Å². The molecule has 1 aliphatic rings. The van der Waals surface area contributed by atoms with Crippen LogP contribution < -0.4 is 5.32 Å². The lowest BCUT2D eigenvalue weighted by Crippen LogP contribution is -2.44. The molecular weight excluding hydrogens is 168 g/mol. The van der Waals surface area contributed by atoms with Crippen LogP contribution in [0.1, 0.15) is 32.1 Å². The Hall–Kier alpha value is -1.08. The van der Waals surface area contributed by atoms with Crippen LogP contribution >= 0.6 is 0 Å². The third kappa shape index (κ3) is 2.43. The van der Waals surface area contributed by atoms with Crippen LogP contribution in [0.15, 0.2) is 0 Å². The fourth-order valence-electron chi connectivity index (χ4n) is 1.58.